The average molecular weight is 264 g/mol. The molecule has 1 saturated heterocycles. The second kappa shape index (κ2) is 5.73. The highest BCUT2D eigenvalue weighted by atomic mass is 15.3. The monoisotopic (exact) mass is 264 g/mol. The second-order valence-electron chi connectivity index (χ2n) is 7.25. The summed E-state index contributed by atoms with van der Waals surface area (Å²) in [5.41, 5.74) is 6.71. The molecule has 3 fully saturated rings. The van der Waals surface area contributed by atoms with Gasteiger partial charge in [-0.3, -0.25) is 4.90 Å². The molecule has 1 heterocycles. The summed E-state index contributed by atoms with van der Waals surface area (Å²) in [6.07, 6.45) is 14.3. The third-order valence-corrected chi connectivity index (χ3v) is 6.58. The molecule has 2 saturated carbocycles. The number of hydrogen-bond donors (Lipinski definition) is 1. The molecule has 2 nitrogen and oxygen atoms in total. The lowest BCUT2D eigenvalue weighted by molar-refractivity contribution is 0.0231. The molecule has 0 spiro atoms. The van der Waals surface area contributed by atoms with Gasteiger partial charge in [-0.25, -0.2) is 0 Å². The first-order valence-electron chi connectivity index (χ1n) is 8.78. The van der Waals surface area contributed by atoms with E-state index in [1.165, 1.54) is 70.8 Å². The van der Waals surface area contributed by atoms with Crippen LogP contribution >= 0.6 is 0 Å². The minimum atomic E-state index is 0.374. The molecule has 3 unspecified atom stereocenters. The van der Waals surface area contributed by atoms with Crippen molar-refractivity contribution in [3.8, 4) is 0 Å². The standard InChI is InChI=1S/C17H32N2/c1-2-15-9-5-11-17(15,13-18)19-12-6-10-16(19)14-7-3-4-8-14/h14-16H,2-13,18H2,1H3. The van der Waals surface area contributed by atoms with Crippen molar-refractivity contribution in [2.24, 2.45) is 17.6 Å². The fraction of sp³-hybridized carbons (Fsp3) is 1.00. The minimum Gasteiger partial charge on any atom is -0.329 e. The third kappa shape index (κ3) is 2.25. The van der Waals surface area contributed by atoms with Gasteiger partial charge in [-0.15, -0.1) is 0 Å². The van der Waals surface area contributed by atoms with E-state index in [1.807, 2.05) is 0 Å². The summed E-state index contributed by atoms with van der Waals surface area (Å²) in [6, 6.07) is 0.873. The molecule has 2 N–H and O–H groups in total. The van der Waals surface area contributed by atoms with Crippen LogP contribution in [-0.2, 0) is 0 Å². The van der Waals surface area contributed by atoms with Gasteiger partial charge in [-0.2, -0.15) is 0 Å². The highest BCUT2D eigenvalue weighted by molar-refractivity contribution is 5.06. The zero-order valence-electron chi connectivity index (χ0n) is 12.7. The fourth-order valence-electron chi connectivity index (χ4n) is 5.65. The summed E-state index contributed by atoms with van der Waals surface area (Å²) >= 11 is 0. The normalized spacial score (nSPS) is 41.4. The molecule has 3 atom stereocenters. The van der Waals surface area contributed by atoms with E-state index in [4.69, 9.17) is 5.73 Å². The number of rotatable bonds is 4. The lowest BCUT2D eigenvalue weighted by Gasteiger charge is -2.47. The van der Waals surface area contributed by atoms with Crippen molar-refractivity contribution < 1.29 is 0 Å². The molecule has 0 amide bonds. The second-order valence-corrected chi connectivity index (χ2v) is 7.25. The van der Waals surface area contributed by atoms with Gasteiger partial charge in [-0.05, 0) is 56.9 Å². The highest BCUT2D eigenvalue weighted by Gasteiger charge is 2.50. The topological polar surface area (TPSA) is 29.3 Å². The Balaban J connectivity index is 1.81. The Labute approximate surface area is 119 Å². The van der Waals surface area contributed by atoms with Crippen molar-refractivity contribution in [1.29, 1.82) is 0 Å². The Morgan fingerprint density at radius 2 is 1.84 bits per heavy atom. The van der Waals surface area contributed by atoms with Gasteiger partial charge in [0.15, 0.2) is 0 Å². The van der Waals surface area contributed by atoms with E-state index >= 15 is 0 Å². The molecule has 3 aliphatic rings. The predicted molar refractivity (Wildman–Crippen MR) is 81.1 cm³/mol. The molecule has 3 rings (SSSR count). The van der Waals surface area contributed by atoms with Gasteiger partial charge in [0.05, 0.1) is 0 Å². The number of likely N-dealkylation sites (tertiary alicyclic amines) is 1. The summed E-state index contributed by atoms with van der Waals surface area (Å²) in [5, 5.41) is 0. The van der Waals surface area contributed by atoms with E-state index in [9.17, 15) is 0 Å². The van der Waals surface area contributed by atoms with Gasteiger partial charge in [0.2, 0.25) is 0 Å². The van der Waals surface area contributed by atoms with Crippen LogP contribution in [-0.4, -0.2) is 29.6 Å². The maximum absolute atomic E-state index is 6.33. The van der Waals surface area contributed by atoms with Crippen LogP contribution in [0.25, 0.3) is 0 Å². The van der Waals surface area contributed by atoms with Gasteiger partial charge in [0.1, 0.15) is 0 Å². The molecular formula is C17H32N2. The Morgan fingerprint density at radius 1 is 1.05 bits per heavy atom. The van der Waals surface area contributed by atoms with E-state index in [0.29, 0.717) is 5.54 Å². The first kappa shape index (κ1) is 13.9. The van der Waals surface area contributed by atoms with E-state index in [-0.39, 0.29) is 0 Å². The number of nitrogens with two attached hydrogens (primary N) is 1. The van der Waals surface area contributed by atoms with E-state index in [0.717, 1.165) is 24.4 Å². The molecule has 1 aliphatic heterocycles. The van der Waals surface area contributed by atoms with E-state index in [2.05, 4.69) is 11.8 Å². The zero-order valence-corrected chi connectivity index (χ0v) is 12.7. The predicted octanol–water partition coefficient (Wildman–Crippen LogP) is 3.55. The lowest BCUT2D eigenvalue weighted by atomic mass is 9.81. The molecule has 2 aliphatic carbocycles. The van der Waals surface area contributed by atoms with Gasteiger partial charge < -0.3 is 5.73 Å². The molecule has 0 radical (unpaired) electrons. The maximum Gasteiger partial charge on any atom is 0.0362 e. The van der Waals surface area contributed by atoms with Crippen molar-refractivity contribution in [2.45, 2.75) is 82.7 Å². The van der Waals surface area contributed by atoms with Crippen LogP contribution in [0.15, 0.2) is 0 Å². The van der Waals surface area contributed by atoms with Crippen LogP contribution in [0.3, 0.4) is 0 Å². The molecule has 19 heavy (non-hydrogen) atoms. The largest absolute Gasteiger partial charge is 0.329 e. The van der Waals surface area contributed by atoms with E-state index in [1.54, 1.807) is 0 Å². The Morgan fingerprint density at radius 3 is 2.53 bits per heavy atom. The molecular weight excluding hydrogens is 232 g/mol. The molecule has 0 bridgehead atoms. The zero-order chi connectivity index (χ0) is 13.3. The van der Waals surface area contributed by atoms with Gasteiger partial charge in [0.25, 0.3) is 0 Å². The van der Waals surface area contributed by atoms with Crippen molar-refractivity contribution in [1.82, 2.24) is 4.90 Å². The van der Waals surface area contributed by atoms with Crippen LogP contribution in [0.4, 0.5) is 0 Å². The van der Waals surface area contributed by atoms with Crippen molar-refractivity contribution >= 4 is 0 Å². The van der Waals surface area contributed by atoms with Gasteiger partial charge in [0, 0.05) is 18.1 Å². The Hall–Kier alpha value is -0.0800. The van der Waals surface area contributed by atoms with E-state index < -0.39 is 0 Å². The maximum atomic E-state index is 6.33. The molecule has 0 aromatic rings. The lowest BCUT2D eigenvalue weighted by Crippen LogP contribution is -2.59. The van der Waals surface area contributed by atoms with Crippen LogP contribution in [0, 0.1) is 11.8 Å². The Bertz CT molecular complexity index is 298. The third-order valence-electron chi connectivity index (χ3n) is 6.58. The summed E-state index contributed by atoms with van der Waals surface area (Å²) < 4.78 is 0. The van der Waals surface area contributed by atoms with Crippen LogP contribution in [0.1, 0.15) is 71.1 Å². The molecule has 0 aromatic carbocycles. The summed E-state index contributed by atoms with van der Waals surface area (Å²) in [4.78, 5) is 2.92. The quantitative estimate of drug-likeness (QED) is 0.841. The van der Waals surface area contributed by atoms with Crippen LogP contribution in [0.2, 0.25) is 0 Å². The number of hydrogen-bond acceptors (Lipinski definition) is 2. The average Bonchev–Trinajstić information content (AvgIpc) is 3.16. The SMILES string of the molecule is CCC1CCCC1(CN)N1CCCC1C1CCCC1. The van der Waals surface area contributed by atoms with Gasteiger partial charge in [-0.1, -0.05) is 32.6 Å². The minimum absolute atomic E-state index is 0.374. The summed E-state index contributed by atoms with van der Waals surface area (Å²) in [5.74, 6) is 1.85. The van der Waals surface area contributed by atoms with Crippen molar-refractivity contribution in [3.63, 3.8) is 0 Å². The molecule has 110 valence electrons. The first-order valence-corrected chi connectivity index (χ1v) is 8.78. The smallest absolute Gasteiger partial charge is 0.0362 e. The van der Waals surface area contributed by atoms with Crippen molar-refractivity contribution in [3.05, 3.63) is 0 Å². The van der Waals surface area contributed by atoms with Crippen LogP contribution in [0.5, 0.6) is 0 Å². The Kier molecular flexibility index (Phi) is 4.19. The first-order chi connectivity index (χ1) is 9.31. The van der Waals surface area contributed by atoms with Gasteiger partial charge >= 0.3 is 0 Å². The number of nitrogens with zero attached hydrogens (tertiary/aromatic N) is 1. The highest BCUT2D eigenvalue weighted by Crippen LogP contribution is 2.47. The summed E-state index contributed by atoms with van der Waals surface area (Å²) in [6.45, 7) is 4.60. The summed E-state index contributed by atoms with van der Waals surface area (Å²) in [7, 11) is 0. The fourth-order valence-corrected chi connectivity index (χ4v) is 5.65. The molecule has 0 aromatic heterocycles. The van der Waals surface area contributed by atoms with Crippen LogP contribution < -0.4 is 5.73 Å². The molecule has 2 heteroatoms. The van der Waals surface area contributed by atoms with Crippen molar-refractivity contribution in [2.75, 3.05) is 13.1 Å².